The lowest BCUT2D eigenvalue weighted by Crippen LogP contribution is -2.23. The van der Waals surface area contributed by atoms with Gasteiger partial charge in [-0.2, -0.15) is 5.26 Å². The largest absolute Gasteiger partial charge is 0.399 e. The molecule has 0 unspecified atom stereocenters. The van der Waals surface area contributed by atoms with Gasteiger partial charge in [-0.3, -0.25) is 0 Å². The van der Waals surface area contributed by atoms with Crippen LogP contribution in [0.15, 0.2) is 18.2 Å². The molecule has 1 aromatic rings. The summed E-state index contributed by atoms with van der Waals surface area (Å²) in [6, 6.07) is 7.58. The van der Waals surface area contributed by atoms with Gasteiger partial charge in [-0.25, -0.2) is 0 Å². The molecule has 4 heteroatoms. The fourth-order valence-electron chi connectivity index (χ4n) is 1.83. The number of nitrogen functional groups attached to an aromatic ring is 1. The Balaban J connectivity index is 1.86. The Morgan fingerprint density at radius 3 is 2.94 bits per heavy atom. The number of anilines is 2. The summed E-state index contributed by atoms with van der Waals surface area (Å²) in [5.74, 6) is 0.793. The topological polar surface area (TPSA) is 62.3 Å². The molecular weight excluding hydrogens is 226 g/mol. The van der Waals surface area contributed by atoms with Crippen molar-refractivity contribution >= 4 is 11.4 Å². The Morgan fingerprint density at radius 1 is 1.50 bits per heavy atom. The van der Waals surface area contributed by atoms with Gasteiger partial charge in [-0.15, -0.1) is 0 Å². The van der Waals surface area contributed by atoms with Gasteiger partial charge in [-0.05, 0) is 37.0 Å². The zero-order valence-electron chi connectivity index (χ0n) is 10.7. The van der Waals surface area contributed by atoms with Gasteiger partial charge in [-0.1, -0.05) is 0 Å². The molecule has 18 heavy (non-hydrogen) atoms. The second-order valence-electron chi connectivity index (χ2n) is 4.83. The van der Waals surface area contributed by atoms with E-state index < -0.39 is 0 Å². The van der Waals surface area contributed by atoms with Crippen molar-refractivity contribution in [1.82, 2.24) is 0 Å². The standard InChI is InChI=1S/C14H19N3O/c1-17(6-7-18-10-11-2-3-11)14-5-4-13(16)8-12(14)9-15/h4-5,8,11H,2-3,6-7,10,16H2,1H3. The maximum absolute atomic E-state index is 9.08. The zero-order chi connectivity index (χ0) is 13.0. The number of rotatable bonds is 6. The summed E-state index contributed by atoms with van der Waals surface area (Å²) in [6.45, 7) is 2.36. The second kappa shape index (κ2) is 5.74. The number of ether oxygens (including phenoxy) is 1. The summed E-state index contributed by atoms with van der Waals surface area (Å²) in [6.07, 6.45) is 2.62. The van der Waals surface area contributed by atoms with Crippen molar-refractivity contribution in [2.45, 2.75) is 12.8 Å². The number of nitriles is 1. The third-order valence-corrected chi connectivity index (χ3v) is 3.17. The Morgan fingerprint density at radius 2 is 2.28 bits per heavy atom. The maximum Gasteiger partial charge on any atom is 0.101 e. The summed E-state index contributed by atoms with van der Waals surface area (Å²) < 4.78 is 5.60. The zero-order valence-corrected chi connectivity index (χ0v) is 10.7. The molecular formula is C14H19N3O. The van der Waals surface area contributed by atoms with Crippen LogP contribution >= 0.6 is 0 Å². The fraction of sp³-hybridized carbons (Fsp3) is 0.500. The molecule has 1 aliphatic carbocycles. The van der Waals surface area contributed by atoms with E-state index in [0.29, 0.717) is 17.9 Å². The first-order valence-electron chi connectivity index (χ1n) is 6.29. The molecule has 0 aromatic heterocycles. The van der Waals surface area contributed by atoms with Crippen LogP contribution in [0.25, 0.3) is 0 Å². The molecule has 0 amide bonds. The first-order valence-corrected chi connectivity index (χ1v) is 6.29. The molecule has 1 fully saturated rings. The predicted octanol–water partition coefficient (Wildman–Crippen LogP) is 2.00. The van der Waals surface area contributed by atoms with Crippen molar-refractivity contribution in [2.75, 3.05) is 37.4 Å². The van der Waals surface area contributed by atoms with Crippen molar-refractivity contribution in [3.8, 4) is 6.07 Å². The van der Waals surface area contributed by atoms with Crippen molar-refractivity contribution in [1.29, 1.82) is 5.26 Å². The lowest BCUT2D eigenvalue weighted by Gasteiger charge is -2.20. The highest BCUT2D eigenvalue weighted by atomic mass is 16.5. The van der Waals surface area contributed by atoms with E-state index in [1.807, 2.05) is 24.1 Å². The first-order chi connectivity index (χ1) is 8.70. The Hall–Kier alpha value is -1.73. The van der Waals surface area contributed by atoms with Crippen molar-refractivity contribution < 1.29 is 4.74 Å². The molecule has 0 heterocycles. The number of hydrogen-bond acceptors (Lipinski definition) is 4. The summed E-state index contributed by atoms with van der Waals surface area (Å²) in [4.78, 5) is 2.03. The van der Waals surface area contributed by atoms with Crippen molar-refractivity contribution in [3.63, 3.8) is 0 Å². The SMILES string of the molecule is CN(CCOCC1CC1)c1ccc(N)cc1C#N. The van der Waals surface area contributed by atoms with Gasteiger partial charge in [0.1, 0.15) is 6.07 Å². The van der Waals surface area contributed by atoms with Crippen LogP contribution in [0.2, 0.25) is 0 Å². The maximum atomic E-state index is 9.08. The Kier molecular flexibility index (Phi) is 4.06. The molecule has 2 N–H and O–H groups in total. The van der Waals surface area contributed by atoms with Crippen molar-refractivity contribution in [2.24, 2.45) is 5.92 Å². The molecule has 0 radical (unpaired) electrons. The van der Waals surface area contributed by atoms with E-state index in [9.17, 15) is 0 Å². The molecule has 2 rings (SSSR count). The number of likely N-dealkylation sites (N-methyl/N-ethyl adjacent to an activating group) is 1. The lowest BCUT2D eigenvalue weighted by atomic mass is 10.1. The van der Waals surface area contributed by atoms with Gasteiger partial charge >= 0.3 is 0 Å². The highest BCUT2D eigenvalue weighted by Crippen LogP contribution is 2.28. The quantitative estimate of drug-likeness (QED) is 0.615. The third kappa shape index (κ3) is 3.38. The number of benzene rings is 1. The fourth-order valence-corrected chi connectivity index (χ4v) is 1.83. The van der Waals surface area contributed by atoms with Crippen LogP contribution in [0.1, 0.15) is 18.4 Å². The van der Waals surface area contributed by atoms with Gasteiger partial charge in [0.15, 0.2) is 0 Å². The molecule has 0 saturated heterocycles. The molecule has 4 nitrogen and oxygen atoms in total. The van der Waals surface area contributed by atoms with Crippen LogP contribution in [-0.4, -0.2) is 26.8 Å². The monoisotopic (exact) mass is 245 g/mol. The first kappa shape index (κ1) is 12.7. The van der Waals surface area contributed by atoms with Gasteiger partial charge in [0, 0.05) is 25.9 Å². The van der Waals surface area contributed by atoms with E-state index in [4.69, 9.17) is 15.7 Å². The molecule has 1 aromatic carbocycles. The van der Waals surface area contributed by atoms with Gasteiger partial charge in [0.25, 0.3) is 0 Å². The molecule has 96 valence electrons. The van der Waals surface area contributed by atoms with Crippen LogP contribution in [0, 0.1) is 17.2 Å². The molecule has 0 bridgehead atoms. The molecule has 0 aliphatic heterocycles. The van der Waals surface area contributed by atoms with Crippen LogP contribution in [0.3, 0.4) is 0 Å². The van der Waals surface area contributed by atoms with Crippen LogP contribution in [-0.2, 0) is 4.74 Å². The minimum Gasteiger partial charge on any atom is -0.399 e. The summed E-state index contributed by atoms with van der Waals surface area (Å²) in [7, 11) is 1.97. The van der Waals surface area contributed by atoms with Gasteiger partial charge in [0.05, 0.1) is 17.9 Å². The Labute approximate surface area is 108 Å². The minimum atomic E-state index is 0.611. The summed E-state index contributed by atoms with van der Waals surface area (Å²) >= 11 is 0. The highest BCUT2D eigenvalue weighted by molar-refractivity contribution is 5.64. The number of nitrogens with two attached hydrogens (primary N) is 1. The number of nitrogens with zero attached hydrogens (tertiary/aromatic N) is 2. The second-order valence-corrected chi connectivity index (χ2v) is 4.83. The van der Waals surface area contributed by atoms with Crippen LogP contribution in [0.5, 0.6) is 0 Å². The summed E-state index contributed by atoms with van der Waals surface area (Å²) in [5, 5.41) is 9.08. The van der Waals surface area contributed by atoms with E-state index in [1.165, 1.54) is 12.8 Å². The molecule has 0 spiro atoms. The van der Waals surface area contributed by atoms with E-state index in [0.717, 1.165) is 24.8 Å². The normalized spacial score (nSPS) is 14.2. The van der Waals surface area contributed by atoms with Crippen LogP contribution in [0.4, 0.5) is 11.4 Å². The smallest absolute Gasteiger partial charge is 0.101 e. The van der Waals surface area contributed by atoms with E-state index in [1.54, 1.807) is 6.07 Å². The van der Waals surface area contributed by atoms with E-state index >= 15 is 0 Å². The predicted molar refractivity (Wildman–Crippen MR) is 72.4 cm³/mol. The lowest BCUT2D eigenvalue weighted by molar-refractivity contribution is 0.131. The molecule has 1 aliphatic rings. The number of hydrogen-bond donors (Lipinski definition) is 1. The van der Waals surface area contributed by atoms with E-state index in [2.05, 4.69) is 6.07 Å². The Bertz CT molecular complexity index is 449. The molecule has 1 saturated carbocycles. The average molecular weight is 245 g/mol. The third-order valence-electron chi connectivity index (χ3n) is 3.17. The highest BCUT2D eigenvalue weighted by Gasteiger charge is 2.21. The van der Waals surface area contributed by atoms with Crippen LogP contribution < -0.4 is 10.6 Å². The minimum absolute atomic E-state index is 0.611. The average Bonchev–Trinajstić information content (AvgIpc) is 3.18. The molecule has 0 atom stereocenters. The summed E-state index contributed by atoms with van der Waals surface area (Å²) in [5.41, 5.74) is 7.81. The van der Waals surface area contributed by atoms with Gasteiger partial charge in [0.2, 0.25) is 0 Å². The van der Waals surface area contributed by atoms with Crippen molar-refractivity contribution in [3.05, 3.63) is 23.8 Å². The van der Waals surface area contributed by atoms with E-state index in [-0.39, 0.29) is 0 Å². The van der Waals surface area contributed by atoms with Gasteiger partial charge < -0.3 is 15.4 Å².